The van der Waals surface area contributed by atoms with Crippen molar-refractivity contribution in [3.8, 4) is 0 Å². The summed E-state index contributed by atoms with van der Waals surface area (Å²) in [5.74, 6) is -0.342. The van der Waals surface area contributed by atoms with Crippen molar-refractivity contribution in [3.63, 3.8) is 0 Å². The van der Waals surface area contributed by atoms with Crippen molar-refractivity contribution < 1.29 is 9.18 Å². The van der Waals surface area contributed by atoms with Crippen LogP contribution in [0, 0.1) is 5.82 Å². The van der Waals surface area contributed by atoms with Crippen LogP contribution in [0.25, 0.3) is 0 Å². The van der Waals surface area contributed by atoms with Gasteiger partial charge < -0.3 is 15.1 Å². The topological polar surface area (TPSA) is 48.5 Å². The molecule has 1 aliphatic heterocycles. The zero-order valence-corrected chi connectivity index (χ0v) is 14.4. The quantitative estimate of drug-likeness (QED) is 0.908. The van der Waals surface area contributed by atoms with Gasteiger partial charge in [0.15, 0.2) is 0 Å². The van der Waals surface area contributed by atoms with Gasteiger partial charge in [-0.2, -0.15) is 0 Å². The van der Waals surface area contributed by atoms with Crippen LogP contribution in [-0.2, 0) is 0 Å². The third kappa shape index (κ3) is 4.26. The van der Waals surface area contributed by atoms with Crippen LogP contribution < -0.4 is 15.1 Å². The Morgan fingerprint density at radius 1 is 1.04 bits per heavy atom. The lowest BCUT2D eigenvalue weighted by Gasteiger charge is -2.37. The van der Waals surface area contributed by atoms with Crippen LogP contribution in [0.15, 0.2) is 42.6 Å². The molecule has 0 unspecified atom stereocenters. The average molecular weight is 342 g/mol. The van der Waals surface area contributed by atoms with E-state index in [1.807, 2.05) is 25.1 Å². The molecule has 0 spiro atoms. The molecule has 0 aliphatic carbocycles. The molecule has 0 atom stereocenters. The number of nitrogens with zero attached hydrogens (tertiary/aromatic N) is 3. The molecule has 2 aromatic rings. The van der Waals surface area contributed by atoms with Gasteiger partial charge in [-0.25, -0.2) is 9.37 Å². The third-order valence-electron chi connectivity index (χ3n) is 4.35. The number of anilines is 2. The van der Waals surface area contributed by atoms with E-state index in [-0.39, 0.29) is 11.7 Å². The molecule has 1 aromatic heterocycles. The van der Waals surface area contributed by atoms with Crippen LogP contribution in [0.3, 0.4) is 0 Å². The van der Waals surface area contributed by atoms with E-state index >= 15 is 0 Å². The zero-order valence-electron chi connectivity index (χ0n) is 14.4. The van der Waals surface area contributed by atoms with Crippen LogP contribution in [0.2, 0.25) is 0 Å². The smallest absolute Gasteiger partial charge is 0.269 e. The number of halogens is 1. The van der Waals surface area contributed by atoms with Gasteiger partial charge in [-0.1, -0.05) is 6.92 Å². The molecular formula is C19H23FN4O. The van der Waals surface area contributed by atoms with Crippen molar-refractivity contribution in [3.05, 3.63) is 54.1 Å². The molecule has 3 rings (SSSR count). The fourth-order valence-corrected chi connectivity index (χ4v) is 2.91. The molecule has 1 saturated heterocycles. The maximum absolute atomic E-state index is 13.0. The Morgan fingerprint density at radius 2 is 1.64 bits per heavy atom. The number of benzene rings is 1. The summed E-state index contributed by atoms with van der Waals surface area (Å²) < 4.78 is 13.0. The minimum Gasteiger partial charge on any atom is -0.368 e. The second-order valence-electron chi connectivity index (χ2n) is 6.11. The highest BCUT2D eigenvalue weighted by atomic mass is 19.1. The Labute approximate surface area is 147 Å². The van der Waals surface area contributed by atoms with Crippen LogP contribution in [0.4, 0.5) is 15.8 Å². The minimum atomic E-state index is -0.212. The Balaban J connectivity index is 1.57. The van der Waals surface area contributed by atoms with Crippen LogP contribution in [-0.4, -0.2) is 43.6 Å². The monoisotopic (exact) mass is 342 g/mol. The summed E-state index contributed by atoms with van der Waals surface area (Å²) in [4.78, 5) is 20.7. The maximum atomic E-state index is 13.0. The summed E-state index contributed by atoms with van der Waals surface area (Å²) >= 11 is 0. The van der Waals surface area contributed by atoms with E-state index < -0.39 is 0 Å². The van der Waals surface area contributed by atoms with Gasteiger partial charge in [0.2, 0.25) is 0 Å². The van der Waals surface area contributed by atoms with E-state index in [1.54, 1.807) is 12.3 Å². The van der Waals surface area contributed by atoms with Gasteiger partial charge in [-0.05, 0) is 42.8 Å². The van der Waals surface area contributed by atoms with E-state index in [0.29, 0.717) is 12.2 Å². The molecule has 1 N–H and O–H groups in total. The van der Waals surface area contributed by atoms with Gasteiger partial charge in [0, 0.05) is 38.4 Å². The van der Waals surface area contributed by atoms with Crippen molar-refractivity contribution in [1.29, 1.82) is 0 Å². The summed E-state index contributed by atoms with van der Waals surface area (Å²) in [6.07, 6.45) is 2.66. The summed E-state index contributed by atoms with van der Waals surface area (Å²) in [5, 5.41) is 2.83. The van der Waals surface area contributed by atoms with Crippen molar-refractivity contribution in [2.45, 2.75) is 13.3 Å². The number of amides is 1. The summed E-state index contributed by atoms with van der Waals surface area (Å²) in [6, 6.07) is 10.3. The van der Waals surface area contributed by atoms with Crippen molar-refractivity contribution >= 4 is 17.3 Å². The largest absolute Gasteiger partial charge is 0.368 e. The lowest BCUT2D eigenvalue weighted by Crippen LogP contribution is -2.46. The highest BCUT2D eigenvalue weighted by Crippen LogP contribution is 2.20. The molecule has 1 aliphatic rings. The SMILES string of the molecule is CCCNC(=O)c1ccc(N2CCN(c3ccc(F)cc3)CC2)cn1. The number of hydrogen-bond acceptors (Lipinski definition) is 4. The average Bonchev–Trinajstić information content (AvgIpc) is 2.67. The van der Waals surface area contributed by atoms with Crippen molar-refractivity contribution in [2.24, 2.45) is 0 Å². The van der Waals surface area contributed by atoms with Crippen LogP contribution in [0.1, 0.15) is 23.8 Å². The maximum Gasteiger partial charge on any atom is 0.269 e. The molecule has 0 saturated carbocycles. The highest BCUT2D eigenvalue weighted by Gasteiger charge is 2.18. The number of carbonyl (C=O) groups excluding carboxylic acids is 1. The molecule has 0 bridgehead atoms. The van der Waals surface area contributed by atoms with Crippen molar-refractivity contribution in [1.82, 2.24) is 10.3 Å². The van der Waals surface area contributed by atoms with E-state index in [0.717, 1.165) is 44.0 Å². The van der Waals surface area contributed by atoms with Crippen LogP contribution in [0.5, 0.6) is 0 Å². The normalized spacial score (nSPS) is 14.5. The third-order valence-corrected chi connectivity index (χ3v) is 4.35. The first-order valence-electron chi connectivity index (χ1n) is 8.67. The summed E-state index contributed by atoms with van der Waals surface area (Å²) in [5.41, 5.74) is 2.51. The van der Waals surface area contributed by atoms with E-state index in [1.165, 1.54) is 12.1 Å². The predicted molar refractivity (Wildman–Crippen MR) is 97.7 cm³/mol. The standard InChI is InChI=1S/C19H23FN4O/c1-2-9-21-19(25)18-8-7-17(14-22-18)24-12-10-23(11-13-24)16-5-3-15(20)4-6-16/h3-8,14H,2,9-13H2,1H3,(H,21,25). The Kier molecular flexibility index (Phi) is 5.48. The van der Waals surface area contributed by atoms with Gasteiger partial charge in [0.25, 0.3) is 5.91 Å². The van der Waals surface area contributed by atoms with Crippen molar-refractivity contribution in [2.75, 3.05) is 42.5 Å². The molecule has 0 radical (unpaired) electrons. The van der Waals surface area contributed by atoms with Gasteiger partial charge in [-0.15, -0.1) is 0 Å². The molecule has 6 heteroatoms. The lowest BCUT2D eigenvalue weighted by atomic mass is 10.2. The van der Waals surface area contributed by atoms with Gasteiger partial charge in [-0.3, -0.25) is 4.79 Å². The molecule has 1 fully saturated rings. The summed E-state index contributed by atoms with van der Waals surface area (Å²) in [6.45, 7) is 6.13. The highest BCUT2D eigenvalue weighted by molar-refractivity contribution is 5.92. The number of rotatable bonds is 5. The first kappa shape index (κ1) is 17.2. The fraction of sp³-hybridized carbons (Fsp3) is 0.368. The van der Waals surface area contributed by atoms with Crippen LogP contribution >= 0.6 is 0 Å². The molecule has 5 nitrogen and oxygen atoms in total. The van der Waals surface area contributed by atoms with Gasteiger partial charge >= 0.3 is 0 Å². The molecule has 1 aromatic carbocycles. The number of aromatic nitrogens is 1. The Morgan fingerprint density at radius 3 is 2.20 bits per heavy atom. The predicted octanol–water partition coefficient (Wildman–Crippen LogP) is 2.69. The molecule has 1 amide bonds. The number of carbonyl (C=O) groups is 1. The number of piperazine rings is 1. The second kappa shape index (κ2) is 7.96. The number of pyridine rings is 1. The minimum absolute atomic E-state index is 0.130. The van der Waals surface area contributed by atoms with E-state index in [2.05, 4.69) is 20.1 Å². The molecule has 132 valence electrons. The first-order chi connectivity index (χ1) is 12.2. The Bertz CT molecular complexity index is 694. The van der Waals surface area contributed by atoms with Gasteiger partial charge in [0.05, 0.1) is 11.9 Å². The number of nitrogens with one attached hydrogen (secondary N) is 1. The van der Waals surface area contributed by atoms with E-state index in [4.69, 9.17) is 0 Å². The molecular weight excluding hydrogens is 319 g/mol. The lowest BCUT2D eigenvalue weighted by molar-refractivity contribution is 0.0948. The zero-order chi connectivity index (χ0) is 17.6. The molecule has 25 heavy (non-hydrogen) atoms. The first-order valence-corrected chi connectivity index (χ1v) is 8.67. The van der Waals surface area contributed by atoms with E-state index in [9.17, 15) is 9.18 Å². The fourth-order valence-electron chi connectivity index (χ4n) is 2.91. The number of hydrogen-bond donors (Lipinski definition) is 1. The molecule has 2 heterocycles. The summed E-state index contributed by atoms with van der Waals surface area (Å²) in [7, 11) is 0. The second-order valence-corrected chi connectivity index (χ2v) is 6.11. The van der Waals surface area contributed by atoms with Gasteiger partial charge in [0.1, 0.15) is 11.5 Å². The Hall–Kier alpha value is -2.63.